The molecule has 188 valence electrons. The number of benzene rings is 1. The predicted octanol–water partition coefficient (Wildman–Crippen LogP) is 5.04. The second kappa shape index (κ2) is 14.0. The highest BCUT2D eigenvalue weighted by atomic mass is 35.5. The van der Waals surface area contributed by atoms with E-state index in [0.29, 0.717) is 11.6 Å². The third-order valence-electron chi connectivity index (χ3n) is 5.93. The number of piperazine rings is 1. The molecule has 34 heavy (non-hydrogen) atoms. The van der Waals surface area contributed by atoms with Crippen LogP contribution >= 0.6 is 48.8 Å². The van der Waals surface area contributed by atoms with E-state index in [4.69, 9.17) is 11.6 Å². The van der Waals surface area contributed by atoms with Gasteiger partial charge in [-0.1, -0.05) is 18.5 Å². The Labute approximate surface area is 225 Å². The monoisotopic (exact) mass is 547 g/mol. The summed E-state index contributed by atoms with van der Waals surface area (Å²) in [5.74, 6) is 1.07. The van der Waals surface area contributed by atoms with Gasteiger partial charge in [-0.2, -0.15) is 0 Å². The molecule has 4 rings (SSSR count). The van der Waals surface area contributed by atoms with Crippen LogP contribution in [0, 0.1) is 6.92 Å². The fourth-order valence-electron chi connectivity index (χ4n) is 4.22. The van der Waals surface area contributed by atoms with E-state index in [0.717, 1.165) is 62.8 Å². The van der Waals surface area contributed by atoms with Crippen LogP contribution in [-0.4, -0.2) is 52.0 Å². The molecule has 1 saturated heterocycles. The molecule has 1 aliphatic rings. The molecule has 0 N–H and O–H groups in total. The normalized spacial score (nSPS) is 13.6. The Bertz CT molecular complexity index is 1080. The van der Waals surface area contributed by atoms with Crippen molar-refractivity contribution in [2.75, 3.05) is 37.6 Å². The largest absolute Gasteiger partial charge is 0.354 e. The lowest BCUT2D eigenvalue weighted by molar-refractivity contribution is 0.247. The van der Waals surface area contributed by atoms with Crippen molar-refractivity contribution in [3.63, 3.8) is 0 Å². The molecule has 0 unspecified atom stereocenters. The summed E-state index contributed by atoms with van der Waals surface area (Å²) in [4.78, 5) is 22.0. The lowest BCUT2D eigenvalue weighted by atomic mass is 10.2. The molecule has 10 heteroatoms. The molecule has 2 aromatic heterocycles. The summed E-state index contributed by atoms with van der Waals surface area (Å²) in [6.07, 6.45) is 3.62. The summed E-state index contributed by atoms with van der Waals surface area (Å²) < 4.78 is 3.90. The second-order valence-corrected chi connectivity index (χ2v) is 8.55. The van der Waals surface area contributed by atoms with Crippen molar-refractivity contribution in [2.45, 2.75) is 33.2 Å². The smallest absolute Gasteiger partial charge is 0.267 e. The van der Waals surface area contributed by atoms with Gasteiger partial charge >= 0.3 is 0 Å². The van der Waals surface area contributed by atoms with Crippen LogP contribution in [0.5, 0.6) is 0 Å². The molecule has 0 spiro atoms. The maximum atomic E-state index is 12.7. The number of halogens is 4. The van der Waals surface area contributed by atoms with E-state index in [1.165, 1.54) is 5.56 Å². The van der Waals surface area contributed by atoms with E-state index < -0.39 is 0 Å². The molecule has 3 heterocycles. The van der Waals surface area contributed by atoms with Crippen molar-refractivity contribution in [3.05, 3.63) is 75.3 Å². The molecule has 0 radical (unpaired) electrons. The first-order valence-electron chi connectivity index (χ1n) is 11.0. The zero-order chi connectivity index (χ0) is 21.8. The maximum Gasteiger partial charge on any atom is 0.267 e. The molecule has 0 aliphatic carbocycles. The van der Waals surface area contributed by atoms with Crippen molar-refractivity contribution in [2.24, 2.45) is 0 Å². The molecule has 0 bridgehead atoms. The van der Waals surface area contributed by atoms with Gasteiger partial charge in [0.2, 0.25) is 0 Å². The van der Waals surface area contributed by atoms with Crippen molar-refractivity contribution >= 4 is 54.6 Å². The lowest BCUT2D eigenvalue weighted by Crippen LogP contribution is -2.47. The van der Waals surface area contributed by atoms with Crippen LogP contribution in [0.4, 0.5) is 5.82 Å². The average Bonchev–Trinajstić information content (AvgIpc) is 3.10. The number of pyridine rings is 1. The van der Waals surface area contributed by atoms with Crippen LogP contribution in [0.2, 0.25) is 5.02 Å². The van der Waals surface area contributed by atoms with Crippen LogP contribution in [0.25, 0.3) is 5.69 Å². The van der Waals surface area contributed by atoms with Gasteiger partial charge in [0.15, 0.2) is 0 Å². The van der Waals surface area contributed by atoms with Gasteiger partial charge in [-0.25, -0.2) is 9.67 Å². The number of hydrogen-bond acceptors (Lipinski definition) is 4. The summed E-state index contributed by atoms with van der Waals surface area (Å²) in [7, 11) is 0. The number of hydrogen-bond donors (Lipinski definition) is 0. The van der Waals surface area contributed by atoms with Gasteiger partial charge in [-0.05, 0) is 61.7 Å². The first-order chi connectivity index (χ1) is 15.0. The Morgan fingerprint density at radius 3 is 2.24 bits per heavy atom. The highest BCUT2D eigenvalue weighted by Gasteiger charge is 2.18. The van der Waals surface area contributed by atoms with Gasteiger partial charge < -0.3 is 4.90 Å². The Morgan fingerprint density at radius 1 is 0.941 bits per heavy atom. The fourth-order valence-corrected chi connectivity index (χ4v) is 4.35. The molecule has 1 fully saturated rings. The van der Waals surface area contributed by atoms with Crippen molar-refractivity contribution < 1.29 is 0 Å². The predicted molar refractivity (Wildman–Crippen MR) is 148 cm³/mol. The third kappa shape index (κ3) is 7.15. The quantitative estimate of drug-likeness (QED) is 0.415. The van der Waals surface area contributed by atoms with Gasteiger partial charge in [0, 0.05) is 62.2 Å². The first-order valence-corrected chi connectivity index (χ1v) is 11.4. The van der Waals surface area contributed by atoms with Crippen LogP contribution < -0.4 is 10.5 Å². The molecule has 3 aromatic rings. The molecule has 1 aromatic carbocycles. The molecular formula is C24H33Cl4N5O. The van der Waals surface area contributed by atoms with Crippen LogP contribution in [0.1, 0.15) is 24.6 Å². The zero-order valence-electron chi connectivity index (χ0n) is 19.5. The topological polar surface area (TPSA) is 46.3 Å². The van der Waals surface area contributed by atoms with Gasteiger partial charge in [-0.15, -0.1) is 37.2 Å². The summed E-state index contributed by atoms with van der Waals surface area (Å²) in [6, 6.07) is 13.6. The Kier molecular flexibility index (Phi) is 12.5. The molecule has 0 saturated carbocycles. The van der Waals surface area contributed by atoms with E-state index in [1.807, 2.05) is 45.9 Å². The molecule has 6 nitrogen and oxygen atoms in total. The Hall–Kier alpha value is -1.70. The Morgan fingerprint density at radius 2 is 1.62 bits per heavy atom. The molecule has 0 atom stereocenters. The summed E-state index contributed by atoms with van der Waals surface area (Å²) in [5.41, 5.74) is 3.30. The highest BCUT2D eigenvalue weighted by Crippen LogP contribution is 2.17. The summed E-state index contributed by atoms with van der Waals surface area (Å²) in [5, 5.41) is 0.697. The van der Waals surface area contributed by atoms with Crippen molar-refractivity contribution in [1.29, 1.82) is 0 Å². The number of aryl methyl sites for hydroxylation is 2. The van der Waals surface area contributed by atoms with E-state index in [2.05, 4.69) is 34.7 Å². The minimum atomic E-state index is 0. The second-order valence-electron chi connectivity index (χ2n) is 8.11. The standard InChI is InChI=1S/C24H30ClN5O.3ClH/c1-3-21-18-24(31)29(30(21)22-7-5-20(25)6-8-22)12-4-11-27-13-15-28(16-14-27)23-17-19(2)9-10-26-23;;;/h5-10,17-18H,3-4,11-16H2,1-2H3;3*1H. The van der Waals surface area contributed by atoms with Gasteiger partial charge in [-0.3, -0.25) is 14.4 Å². The zero-order valence-corrected chi connectivity index (χ0v) is 22.7. The van der Waals surface area contributed by atoms with Gasteiger partial charge in [0.05, 0.1) is 5.69 Å². The molecule has 1 aliphatic heterocycles. The van der Waals surface area contributed by atoms with E-state index >= 15 is 0 Å². The van der Waals surface area contributed by atoms with Crippen LogP contribution in [-0.2, 0) is 13.0 Å². The van der Waals surface area contributed by atoms with Crippen LogP contribution in [0.15, 0.2) is 53.5 Å². The fraction of sp³-hybridized carbons (Fsp3) is 0.417. The highest BCUT2D eigenvalue weighted by molar-refractivity contribution is 6.30. The maximum absolute atomic E-state index is 12.7. The van der Waals surface area contributed by atoms with E-state index in [-0.39, 0.29) is 42.8 Å². The first kappa shape index (κ1) is 30.3. The molecular weight excluding hydrogens is 516 g/mol. The van der Waals surface area contributed by atoms with Crippen LogP contribution in [0.3, 0.4) is 0 Å². The summed E-state index contributed by atoms with van der Waals surface area (Å²) in [6.45, 7) is 9.86. The van der Waals surface area contributed by atoms with E-state index in [9.17, 15) is 4.79 Å². The minimum absolute atomic E-state index is 0. The average molecular weight is 549 g/mol. The van der Waals surface area contributed by atoms with Crippen molar-refractivity contribution in [1.82, 2.24) is 19.2 Å². The number of aromatic nitrogens is 3. The number of nitrogens with zero attached hydrogens (tertiary/aromatic N) is 5. The molecule has 0 amide bonds. The van der Waals surface area contributed by atoms with Crippen molar-refractivity contribution in [3.8, 4) is 5.69 Å². The number of rotatable bonds is 7. The Balaban J connectivity index is 0.00000193. The lowest BCUT2D eigenvalue weighted by Gasteiger charge is -2.35. The summed E-state index contributed by atoms with van der Waals surface area (Å²) >= 11 is 6.05. The SMILES string of the molecule is CCc1cc(=O)n(CCCN2CCN(c3cc(C)ccn3)CC2)n1-c1ccc(Cl)cc1.Cl.Cl.Cl. The van der Waals surface area contributed by atoms with Gasteiger partial charge in [0.25, 0.3) is 5.56 Å². The number of anilines is 1. The third-order valence-corrected chi connectivity index (χ3v) is 6.18. The van der Waals surface area contributed by atoms with Gasteiger partial charge in [0.1, 0.15) is 5.82 Å². The minimum Gasteiger partial charge on any atom is -0.354 e. The van der Waals surface area contributed by atoms with E-state index in [1.54, 1.807) is 6.07 Å².